The molecule has 1 aromatic carbocycles. The molecule has 0 unspecified atom stereocenters. The molecule has 2 rings (SSSR count). The number of fused-ring (bicyclic) bond motifs is 1. The molecule has 0 saturated heterocycles. The molecule has 0 aliphatic carbocycles. The molecule has 1 aromatic rings. The molecule has 1 atom stereocenters. The Balaban J connectivity index is 2.31. The van der Waals surface area contributed by atoms with Gasteiger partial charge in [-0.3, -0.25) is 10.0 Å². The zero-order chi connectivity index (χ0) is 15.6. The molecule has 3 amide bonds. The Labute approximate surface area is 123 Å². The van der Waals surface area contributed by atoms with E-state index in [1.807, 2.05) is 6.92 Å². The number of hydrogen-bond acceptors (Lipinski definition) is 4. The molecule has 0 saturated carbocycles. The summed E-state index contributed by atoms with van der Waals surface area (Å²) < 4.78 is 5.68. The van der Waals surface area contributed by atoms with E-state index < -0.39 is 5.91 Å². The number of nitrogens with zero attached hydrogens (tertiary/aromatic N) is 2. The first kappa shape index (κ1) is 15.1. The predicted molar refractivity (Wildman–Crippen MR) is 75.3 cm³/mol. The number of hydroxylamine groups is 1. The van der Waals surface area contributed by atoms with Crippen LogP contribution in [0.3, 0.4) is 0 Å². The third kappa shape index (κ3) is 3.08. The van der Waals surface area contributed by atoms with E-state index in [1.165, 1.54) is 4.90 Å². The Kier molecular flexibility index (Phi) is 4.32. The quantitative estimate of drug-likeness (QED) is 0.599. The Bertz CT molecular complexity index is 559. The number of amides is 3. The Morgan fingerprint density at radius 2 is 2.14 bits per heavy atom. The lowest BCUT2D eigenvalue weighted by Gasteiger charge is -2.29. The zero-order valence-corrected chi connectivity index (χ0v) is 12.3. The van der Waals surface area contributed by atoms with Crippen molar-refractivity contribution in [2.45, 2.75) is 19.5 Å². The number of carbonyl (C=O) groups is 2. The molecule has 1 aliphatic rings. The second-order valence-corrected chi connectivity index (χ2v) is 5.23. The van der Waals surface area contributed by atoms with Crippen LogP contribution in [0.25, 0.3) is 0 Å². The minimum Gasteiger partial charge on any atom is -0.491 e. The molecule has 7 nitrogen and oxygen atoms in total. The van der Waals surface area contributed by atoms with Gasteiger partial charge in [0.15, 0.2) is 0 Å². The minimum atomic E-state index is -0.597. The van der Waals surface area contributed by atoms with Crippen molar-refractivity contribution < 1.29 is 19.5 Å². The highest BCUT2D eigenvalue weighted by Crippen LogP contribution is 2.27. The third-order valence-electron chi connectivity index (χ3n) is 3.41. The highest BCUT2D eigenvalue weighted by atomic mass is 16.5. The summed E-state index contributed by atoms with van der Waals surface area (Å²) in [6, 6.07) is 4.71. The number of hydrogen-bond donors (Lipinski definition) is 2. The maximum atomic E-state index is 12.2. The number of rotatable bonds is 1. The van der Waals surface area contributed by atoms with Gasteiger partial charge in [0.05, 0.1) is 12.6 Å². The Morgan fingerprint density at radius 1 is 1.43 bits per heavy atom. The van der Waals surface area contributed by atoms with Crippen molar-refractivity contribution in [3.63, 3.8) is 0 Å². The fraction of sp³-hybridized carbons (Fsp3) is 0.429. The molecular weight excluding hydrogens is 274 g/mol. The van der Waals surface area contributed by atoms with Crippen LogP contribution in [0.5, 0.6) is 5.75 Å². The first-order valence-corrected chi connectivity index (χ1v) is 6.62. The lowest BCUT2D eigenvalue weighted by molar-refractivity contribution is 0.0706. The van der Waals surface area contributed by atoms with Gasteiger partial charge in [-0.15, -0.1) is 0 Å². The first-order chi connectivity index (χ1) is 9.93. The van der Waals surface area contributed by atoms with E-state index in [0.717, 1.165) is 5.56 Å². The van der Waals surface area contributed by atoms with E-state index >= 15 is 0 Å². The van der Waals surface area contributed by atoms with E-state index in [2.05, 4.69) is 0 Å². The molecule has 1 heterocycles. The van der Waals surface area contributed by atoms with E-state index in [0.29, 0.717) is 24.5 Å². The number of urea groups is 1. The standard InChI is InChI=1S/C14H19N3O4/c1-9-8-21-12-6-10(13(18)15-20)4-5-11(12)7-17(9)14(19)16(2)3/h4-6,9,20H,7-8H2,1-3H3,(H,15,18)/t9-/m0/s1. The smallest absolute Gasteiger partial charge is 0.320 e. The Morgan fingerprint density at radius 3 is 2.76 bits per heavy atom. The monoisotopic (exact) mass is 293 g/mol. The van der Waals surface area contributed by atoms with E-state index in [4.69, 9.17) is 9.94 Å². The van der Waals surface area contributed by atoms with Crippen LogP contribution in [-0.4, -0.2) is 53.7 Å². The maximum absolute atomic E-state index is 12.2. The second-order valence-electron chi connectivity index (χ2n) is 5.23. The molecule has 1 aliphatic heterocycles. The van der Waals surface area contributed by atoms with Crippen molar-refractivity contribution in [2.24, 2.45) is 0 Å². The minimum absolute atomic E-state index is 0.0811. The van der Waals surface area contributed by atoms with Gasteiger partial charge in [0, 0.05) is 25.2 Å². The number of nitrogens with one attached hydrogen (secondary N) is 1. The molecule has 2 N–H and O–H groups in total. The maximum Gasteiger partial charge on any atom is 0.320 e. The van der Waals surface area contributed by atoms with Gasteiger partial charge in [-0.25, -0.2) is 10.3 Å². The lowest BCUT2D eigenvalue weighted by Crippen LogP contribution is -2.45. The fourth-order valence-corrected chi connectivity index (χ4v) is 2.18. The van der Waals surface area contributed by atoms with Crippen LogP contribution in [0.4, 0.5) is 4.79 Å². The number of ether oxygens (including phenoxy) is 1. The molecule has 0 bridgehead atoms. The van der Waals surface area contributed by atoms with Crippen LogP contribution < -0.4 is 10.2 Å². The van der Waals surface area contributed by atoms with Crippen LogP contribution in [0.1, 0.15) is 22.8 Å². The highest BCUT2D eigenvalue weighted by molar-refractivity contribution is 5.93. The van der Waals surface area contributed by atoms with E-state index in [-0.39, 0.29) is 12.1 Å². The molecule has 114 valence electrons. The summed E-state index contributed by atoms with van der Waals surface area (Å²) >= 11 is 0. The van der Waals surface area contributed by atoms with Gasteiger partial charge in [0.25, 0.3) is 5.91 Å². The van der Waals surface area contributed by atoms with Crippen LogP contribution in [-0.2, 0) is 6.54 Å². The number of carbonyl (C=O) groups excluding carboxylic acids is 2. The number of benzene rings is 1. The summed E-state index contributed by atoms with van der Waals surface area (Å²) in [5.74, 6) is -0.0445. The summed E-state index contributed by atoms with van der Waals surface area (Å²) in [6.07, 6.45) is 0. The molecular formula is C14H19N3O4. The summed E-state index contributed by atoms with van der Waals surface area (Å²) in [4.78, 5) is 26.9. The van der Waals surface area contributed by atoms with Crippen LogP contribution in [0.15, 0.2) is 18.2 Å². The molecule has 21 heavy (non-hydrogen) atoms. The van der Waals surface area contributed by atoms with Crippen LogP contribution >= 0.6 is 0 Å². The summed E-state index contributed by atoms with van der Waals surface area (Å²) in [5.41, 5.74) is 2.71. The normalized spacial score (nSPS) is 17.3. The highest BCUT2D eigenvalue weighted by Gasteiger charge is 2.27. The fourth-order valence-electron chi connectivity index (χ4n) is 2.18. The van der Waals surface area contributed by atoms with Crippen molar-refractivity contribution in [3.8, 4) is 5.75 Å². The van der Waals surface area contributed by atoms with Gasteiger partial charge in [-0.2, -0.15) is 0 Å². The molecule has 0 radical (unpaired) electrons. The van der Waals surface area contributed by atoms with Gasteiger partial charge in [-0.05, 0) is 19.1 Å². The predicted octanol–water partition coefficient (Wildman–Crippen LogP) is 1.07. The average Bonchev–Trinajstić information content (AvgIpc) is 2.64. The molecule has 7 heteroatoms. The van der Waals surface area contributed by atoms with Gasteiger partial charge in [0.2, 0.25) is 0 Å². The van der Waals surface area contributed by atoms with Crippen molar-refractivity contribution >= 4 is 11.9 Å². The summed E-state index contributed by atoms with van der Waals surface area (Å²) in [6.45, 7) is 2.67. The largest absolute Gasteiger partial charge is 0.491 e. The SMILES string of the molecule is C[C@H]1COc2cc(C(=O)NO)ccc2CN1C(=O)N(C)C. The first-order valence-electron chi connectivity index (χ1n) is 6.62. The third-order valence-corrected chi connectivity index (χ3v) is 3.41. The molecule has 0 fully saturated rings. The van der Waals surface area contributed by atoms with E-state index in [9.17, 15) is 9.59 Å². The van der Waals surface area contributed by atoms with Gasteiger partial charge in [-0.1, -0.05) is 6.07 Å². The lowest BCUT2D eigenvalue weighted by atomic mass is 10.1. The van der Waals surface area contributed by atoms with Crippen molar-refractivity contribution in [3.05, 3.63) is 29.3 Å². The summed E-state index contributed by atoms with van der Waals surface area (Å²) in [5, 5.41) is 8.67. The van der Waals surface area contributed by atoms with E-state index in [1.54, 1.807) is 42.7 Å². The molecule has 0 aromatic heterocycles. The van der Waals surface area contributed by atoms with Crippen molar-refractivity contribution in [1.29, 1.82) is 0 Å². The van der Waals surface area contributed by atoms with Gasteiger partial charge >= 0.3 is 6.03 Å². The van der Waals surface area contributed by atoms with Gasteiger partial charge < -0.3 is 14.5 Å². The average molecular weight is 293 g/mol. The summed E-state index contributed by atoms with van der Waals surface area (Å²) in [7, 11) is 3.41. The Hall–Kier alpha value is -2.28. The van der Waals surface area contributed by atoms with Crippen molar-refractivity contribution in [1.82, 2.24) is 15.3 Å². The topological polar surface area (TPSA) is 82.1 Å². The van der Waals surface area contributed by atoms with Crippen LogP contribution in [0, 0.1) is 0 Å². The molecule has 0 spiro atoms. The zero-order valence-electron chi connectivity index (χ0n) is 12.3. The van der Waals surface area contributed by atoms with Gasteiger partial charge in [0.1, 0.15) is 12.4 Å². The van der Waals surface area contributed by atoms with Crippen molar-refractivity contribution in [2.75, 3.05) is 20.7 Å². The second kappa shape index (κ2) is 6.01. The van der Waals surface area contributed by atoms with Crippen LogP contribution in [0.2, 0.25) is 0 Å².